The average molecular weight is 265 g/mol. The van der Waals surface area contributed by atoms with Gasteiger partial charge in [-0.1, -0.05) is 23.7 Å². The van der Waals surface area contributed by atoms with Crippen LogP contribution in [-0.4, -0.2) is 17.2 Å². The van der Waals surface area contributed by atoms with E-state index in [-0.39, 0.29) is 0 Å². The summed E-state index contributed by atoms with van der Waals surface area (Å²) in [6.45, 7) is 0. The highest BCUT2D eigenvalue weighted by Crippen LogP contribution is 2.31. The molecule has 0 aliphatic heterocycles. The van der Waals surface area contributed by atoms with Crippen molar-refractivity contribution >= 4 is 17.4 Å². The number of hydrogen-bond acceptors (Lipinski definition) is 4. The first-order valence-electron chi connectivity index (χ1n) is 5.35. The SMILES string of the molecule is COc1ccc(C(O)c2cccnc2N)cc1Cl. The van der Waals surface area contributed by atoms with E-state index in [0.717, 1.165) is 0 Å². The van der Waals surface area contributed by atoms with Crippen LogP contribution in [0.1, 0.15) is 17.2 Å². The molecule has 0 saturated carbocycles. The highest BCUT2D eigenvalue weighted by molar-refractivity contribution is 6.32. The van der Waals surface area contributed by atoms with Crippen molar-refractivity contribution in [2.45, 2.75) is 6.10 Å². The number of aromatic nitrogens is 1. The first kappa shape index (κ1) is 12.7. The van der Waals surface area contributed by atoms with E-state index in [1.165, 1.54) is 7.11 Å². The Labute approximate surface area is 110 Å². The number of ether oxygens (including phenoxy) is 1. The number of pyridine rings is 1. The lowest BCUT2D eigenvalue weighted by Crippen LogP contribution is -2.05. The van der Waals surface area contributed by atoms with Crippen LogP contribution in [-0.2, 0) is 0 Å². The summed E-state index contributed by atoms with van der Waals surface area (Å²) in [5.74, 6) is 0.865. The van der Waals surface area contributed by atoms with Crippen molar-refractivity contribution in [3.8, 4) is 5.75 Å². The van der Waals surface area contributed by atoms with Gasteiger partial charge in [0.2, 0.25) is 0 Å². The molecule has 3 N–H and O–H groups in total. The maximum atomic E-state index is 10.2. The molecule has 1 aromatic heterocycles. The van der Waals surface area contributed by atoms with Gasteiger partial charge < -0.3 is 15.6 Å². The Morgan fingerprint density at radius 2 is 2.17 bits per heavy atom. The molecule has 0 spiro atoms. The number of aliphatic hydroxyl groups excluding tert-OH is 1. The number of halogens is 1. The normalized spacial score (nSPS) is 12.2. The number of anilines is 1. The van der Waals surface area contributed by atoms with E-state index in [1.54, 1.807) is 36.5 Å². The van der Waals surface area contributed by atoms with Crippen molar-refractivity contribution in [3.05, 3.63) is 52.7 Å². The van der Waals surface area contributed by atoms with Crippen molar-refractivity contribution in [2.75, 3.05) is 12.8 Å². The average Bonchev–Trinajstić information content (AvgIpc) is 2.38. The maximum Gasteiger partial charge on any atom is 0.137 e. The standard InChI is InChI=1S/C13H13ClN2O2/c1-18-11-5-4-8(7-10(11)14)12(17)9-3-2-6-16-13(9)15/h2-7,12,17H,1H3,(H2,15,16). The third kappa shape index (κ3) is 2.39. The van der Waals surface area contributed by atoms with Crippen molar-refractivity contribution in [2.24, 2.45) is 0 Å². The Morgan fingerprint density at radius 3 is 2.78 bits per heavy atom. The highest BCUT2D eigenvalue weighted by Gasteiger charge is 2.15. The maximum absolute atomic E-state index is 10.2. The monoisotopic (exact) mass is 264 g/mol. The number of nitrogens with zero attached hydrogens (tertiary/aromatic N) is 1. The fourth-order valence-corrected chi connectivity index (χ4v) is 1.96. The number of hydrogen-bond donors (Lipinski definition) is 2. The zero-order chi connectivity index (χ0) is 13.1. The third-order valence-corrected chi connectivity index (χ3v) is 2.95. The van der Waals surface area contributed by atoms with Crippen LogP contribution in [0, 0.1) is 0 Å². The summed E-state index contributed by atoms with van der Waals surface area (Å²) in [5.41, 5.74) is 6.92. The lowest BCUT2D eigenvalue weighted by Gasteiger charge is -2.14. The van der Waals surface area contributed by atoms with E-state index >= 15 is 0 Å². The zero-order valence-electron chi connectivity index (χ0n) is 9.80. The molecule has 18 heavy (non-hydrogen) atoms. The molecule has 4 nitrogen and oxygen atoms in total. The Morgan fingerprint density at radius 1 is 1.39 bits per heavy atom. The first-order valence-corrected chi connectivity index (χ1v) is 5.73. The molecule has 0 fully saturated rings. The minimum atomic E-state index is -0.859. The summed E-state index contributed by atoms with van der Waals surface area (Å²) in [4.78, 5) is 3.94. The molecule has 1 atom stereocenters. The van der Waals surface area contributed by atoms with Gasteiger partial charge >= 0.3 is 0 Å². The van der Waals surface area contributed by atoms with Crippen LogP contribution in [0.3, 0.4) is 0 Å². The smallest absolute Gasteiger partial charge is 0.137 e. The van der Waals surface area contributed by atoms with Crippen LogP contribution in [0.5, 0.6) is 5.75 Å². The second kappa shape index (κ2) is 5.25. The molecule has 5 heteroatoms. The van der Waals surface area contributed by atoms with Crippen molar-refractivity contribution < 1.29 is 9.84 Å². The fraction of sp³-hybridized carbons (Fsp3) is 0.154. The van der Waals surface area contributed by atoms with Crippen molar-refractivity contribution in [1.82, 2.24) is 4.98 Å². The molecule has 1 heterocycles. The molecular formula is C13H13ClN2O2. The van der Waals surface area contributed by atoms with Gasteiger partial charge in [0, 0.05) is 11.8 Å². The molecule has 94 valence electrons. The first-order chi connectivity index (χ1) is 8.63. The Bertz CT molecular complexity index is 560. The molecule has 0 saturated heterocycles. The molecule has 2 rings (SSSR count). The molecule has 0 aliphatic rings. The van der Waals surface area contributed by atoms with Crippen LogP contribution in [0.2, 0.25) is 5.02 Å². The number of methoxy groups -OCH3 is 1. The van der Waals surface area contributed by atoms with Gasteiger partial charge in [-0.05, 0) is 23.8 Å². The summed E-state index contributed by atoms with van der Waals surface area (Å²) in [5, 5.41) is 10.7. The fourth-order valence-electron chi connectivity index (χ4n) is 1.69. The molecule has 0 bridgehead atoms. The minimum Gasteiger partial charge on any atom is -0.495 e. The van der Waals surface area contributed by atoms with E-state index in [4.69, 9.17) is 22.1 Å². The van der Waals surface area contributed by atoms with Crippen LogP contribution < -0.4 is 10.5 Å². The molecular weight excluding hydrogens is 252 g/mol. The van der Waals surface area contributed by atoms with Gasteiger partial charge in [0.05, 0.1) is 12.1 Å². The van der Waals surface area contributed by atoms with Gasteiger partial charge in [0.25, 0.3) is 0 Å². The van der Waals surface area contributed by atoms with E-state index in [0.29, 0.717) is 27.7 Å². The largest absolute Gasteiger partial charge is 0.495 e. The van der Waals surface area contributed by atoms with Crippen molar-refractivity contribution in [3.63, 3.8) is 0 Å². The Hall–Kier alpha value is -1.78. The van der Waals surface area contributed by atoms with Gasteiger partial charge in [-0.25, -0.2) is 4.98 Å². The van der Waals surface area contributed by atoms with Crippen LogP contribution in [0.25, 0.3) is 0 Å². The van der Waals surface area contributed by atoms with Gasteiger partial charge in [-0.3, -0.25) is 0 Å². The minimum absolute atomic E-state index is 0.303. The van der Waals surface area contributed by atoms with Gasteiger partial charge in [0.15, 0.2) is 0 Å². The summed E-state index contributed by atoms with van der Waals surface area (Å²) < 4.78 is 5.06. The van der Waals surface area contributed by atoms with Crippen LogP contribution in [0.15, 0.2) is 36.5 Å². The van der Waals surface area contributed by atoms with Crippen LogP contribution in [0.4, 0.5) is 5.82 Å². The number of rotatable bonds is 3. The Kier molecular flexibility index (Phi) is 3.69. The predicted octanol–water partition coefficient (Wildman–Crippen LogP) is 2.41. The highest BCUT2D eigenvalue weighted by atomic mass is 35.5. The summed E-state index contributed by atoms with van der Waals surface area (Å²) in [6.07, 6.45) is 0.717. The van der Waals surface area contributed by atoms with E-state index in [2.05, 4.69) is 4.98 Å². The topological polar surface area (TPSA) is 68.4 Å². The molecule has 0 aliphatic carbocycles. The van der Waals surface area contributed by atoms with Gasteiger partial charge in [-0.15, -0.1) is 0 Å². The molecule has 1 unspecified atom stereocenters. The van der Waals surface area contributed by atoms with Gasteiger partial charge in [-0.2, -0.15) is 0 Å². The molecule has 0 radical (unpaired) electrons. The van der Waals surface area contributed by atoms with E-state index in [1.807, 2.05) is 0 Å². The number of aliphatic hydroxyl groups is 1. The third-order valence-electron chi connectivity index (χ3n) is 2.66. The number of benzene rings is 1. The predicted molar refractivity (Wildman–Crippen MR) is 70.7 cm³/mol. The second-order valence-corrected chi connectivity index (χ2v) is 4.18. The summed E-state index contributed by atoms with van der Waals surface area (Å²) >= 11 is 6.02. The van der Waals surface area contributed by atoms with Crippen LogP contribution >= 0.6 is 11.6 Å². The molecule has 1 aromatic carbocycles. The molecule has 0 amide bonds. The lowest BCUT2D eigenvalue weighted by atomic mass is 10.0. The quantitative estimate of drug-likeness (QED) is 0.893. The molecule has 2 aromatic rings. The number of nitrogens with two attached hydrogens (primary N) is 1. The van der Waals surface area contributed by atoms with E-state index in [9.17, 15) is 5.11 Å². The van der Waals surface area contributed by atoms with E-state index < -0.39 is 6.10 Å². The summed E-state index contributed by atoms with van der Waals surface area (Å²) in [6, 6.07) is 8.54. The van der Waals surface area contributed by atoms with Crippen molar-refractivity contribution in [1.29, 1.82) is 0 Å². The van der Waals surface area contributed by atoms with Gasteiger partial charge in [0.1, 0.15) is 17.7 Å². The second-order valence-electron chi connectivity index (χ2n) is 3.77. The number of nitrogen functional groups attached to an aromatic ring is 1. The lowest BCUT2D eigenvalue weighted by molar-refractivity contribution is 0.220. The summed E-state index contributed by atoms with van der Waals surface area (Å²) in [7, 11) is 1.54. The zero-order valence-corrected chi connectivity index (χ0v) is 10.6. The Balaban J connectivity index is 2.37.